The van der Waals surface area contributed by atoms with E-state index < -0.39 is 17.2 Å². The molecule has 34 heavy (non-hydrogen) atoms. The Kier molecular flexibility index (Phi) is 5.27. The zero-order valence-electron chi connectivity index (χ0n) is 19.6. The number of benzene rings is 2. The van der Waals surface area contributed by atoms with Gasteiger partial charge in [-0.3, -0.25) is 4.40 Å². The summed E-state index contributed by atoms with van der Waals surface area (Å²) in [6, 6.07) is 19.7. The molecule has 1 aliphatic carbocycles. The summed E-state index contributed by atoms with van der Waals surface area (Å²) < 4.78 is 7.39. The molecule has 0 atom stereocenters. The van der Waals surface area contributed by atoms with Gasteiger partial charge in [-0.2, -0.15) is 4.98 Å². The summed E-state index contributed by atoms with van der Waals surface area (Å²) in [5.74, 6) is 0.360. The van der Waals surface area contributed by atoms with E-state index in [1.54, 1.807) is 12.3 Å². The van der Waals surface area contributed by atoms with Crippen LogP contribution in [0.25, 0.3) is 28.3 Å². The lowest BCUT2D eigenvalue weighted by Gasteiger charge is -2.43. The molecule has 0 aliphatic heterocycles. The molecule has 0 spiro atoms. The lowest BCUT2D eigenvalue weighted by Crippen LogP contribution is -2.52. The maximum atomic E-state index is 12.5. The number of carbonyl (C=O) groups is 1. The molecule has 5 rings (SSSR count). The van der Waals surface area contributed by atoms with Crippen LogP contribution >= 0.6 is 0 Å². The van der Waals surface area contributed by atoms with Crippen LogP contribution in [-0.2, 0) is 10.3 Å². The quantitative estimate of drug-likeness (QED) is 0.413. The minimum Gasteiger partial charge on any atom is -0.493 e. The summed E-state index contributed by atoms with van der Waals surface area (Å²) in [6.07, 6.45) is 4.18. The largest absolute Gasteiger partial charge is 0.493 e. The van der Waals surface area contributed by atoms with Gasteiger partial charge < -0.3 is 15.2 Å². The number of hydrogen-bond acceptors (Lipinski definition) is 5. The van der Waals surface area contributed by atoms with Crippen LogP contribution in [0.5, 0.6) is 5.88 Å². The van der Waals surface area contributed by atoms with Crippen LogP contribution in [0.15, 0.2) is 66.9 Å². The minimum atomic E-state index is -0.543. The normalized spacial score (nSPS) is 15.0. The van der Waals surface area contributed by atoms with E-state index in [1.165, 1.54) is 0 Å². The molecule has 1 aliphatic rings. The predicted molar refractivity (Wildman–Crippen MR) is 130 cm³/mol. The third-order valence-corrected chi connectivity index (χ3v) is 6.19. The van der Waals surface area contributed by atoms with Crippen LogP contribution in [0.3, 0.4) is 0 Å². The fraction of sp³-hybridized carbons (Fsp3) is 0.296. The summed E-state index contributed by atoms with van der Waals surface area (Å²) in [6.45, 7) is 5.59. The lowest BCUT2D eigenvalue weighted by atomic mass is 9.71. The van der Waals surface area contributed by atoms with Gasteiger partial charge in [-0.25, -0.2) is 9.78 Å². The second-order valence-corrected chi connectivity index (χ2v) is 9.77. The van der Waals surface area contributed by atoms with E-state index in [0.717, 1.165) is 47.3 Å². The molecule has 0 radical (unpaired) electrons. The summed E-state index contributed by atoms with van der Waals surface area (Å²) in [5.41, 5.74) is 3.71. The summed E-state index contributed by atoms with van der Waals surface area (Å²) in [7, 11) is 0. The first-order valence-electron chi connectivity index (χ1n) is 11.5. The van der Waals surface area contributed by atoms with Gasteiger partial charge in [0.05, 0.1) is 16.9 Å². The van der Waals surface area contributed by atoms with Gasteiger partial charge in [0.2, 0.25) is 11.7 Å². The van der Waals surface area contributed by atoms with Crippen molar-refractivity contribution in [2.45, 2.75) is 51.2 Å². The Morgan fingerprint density at radius 3 is 2.32 bits per heavy atom. The van der Waals surface area contributed by atoms with Crippen molar-refractivity contribution in [3.05, 3.63) is 72.4 Å². The molecule has 2 heterocycles. The molecule has 0 bridgehead atoms. The number of ether oxygens (including phenoxy) is 1. The van der Waals surface area contributed by atoms with Crippen LogP contribution in [0.1, 0.15) is 45.6 Å². The number of hydrogen-bond donors (Lipinski definition) is 2. The van der Waals surface area contributed by atoms with Gasteiger partial charge in [0, 0.05) is 23.4 Å². The maximum Gasteiger partial charge on any atom is 0.408 e. The van der Waals surface area contributed by atoms with Crippen LogP contribution in [0.2, 0.25) is 0 Å². The average Bonchev–Trinajstić information content (AvgIpc) is 3.14. The number of rotatable bonds is 4. The van der Waals surface area contributed by atoms with Crippen molar-refractivity contribution >= 4 is 11.9 Å². The highest BCUT2D eigenvalue weighted by atomic mass is 16.6. The molecule has 0 saturated heterocycles. The van der Waals surface area contributed by atoms with E-state index in [1.807, 2.05) is 67.6 Å². The molecule has 2 N–H and O–H groups in total. The maximum absolute atomic E-state index is 12.5. The number of aromatic nitrogens is 3. The van der Waals surface area contributed by atoms with E-state index in [2.05, 4.69) is 22.4 Å². The second-order valence-electron chi connectivity index (χ2n) is 9.77. The molecule has 1 amide bonds. The van der Waals surface area contributed by atoms with Crippen molar-refractivity contribution in [2.75, 3.05) is 0 Å². The fourth-order valence-electron chi connectivity index (χ4n) is 4.46. The van der Waals surface area contributed by atoms with E-state index in [4.69, 9.17) is 9.72 Å². The number of amides is 1. The number of carbonyl (C=O) groups excluding carboxylic acids is 1. The molecule has 1 saturated carbocycles. The number of nitrogens with zero attached hydrogens (tertiary/aromatic N) is 3. The van der Waals surface area contributed by atoms with Crippen LogP contribution in [0.4, 0.5) is 4.79 Å². The van der Waals surface area contributed by atoms with Crippen molar-refractivity contribution < 1.29 is 14.6 Å². The molecule has 2 aromatic heterocycles. The Labute approximate surface area is 198 Å². The average molecular weight is 457 g/mol. The smallest absolute Gasteiger partial charge is 0.408 e. The van der Waals surface area contributed by atoms with Gasteiger partial charge >= 0.3 is 6.09 Å². The Morgan fingerprint density at radius 2 is 1.71 bits per heavy atom. The topological polar surface area (TPSA) is 88.8 Å². The molecular formula is C27H28N4O3. The molecular weight excluding hydrogens is 428 g/mol. The van der Waals surface area contributed by atoms with Crippen molar-refractivity contribution in [3.63, 3.8) is 0 Å². The highest BCUT2D eigenvalue weighted by Gasteiger charge is 2.41. The Balaban J connectivity index is 1.52. The molecule has 1 fully saturated rings. The fourth-order valence-corrected chi connectivity index (χ4v) is 4.46. The van der Waals surface area contributed by atoms with Gasteiger partial charge in [-0.15, -0.1) is 0 Å². The summed E-state index contributed by atoms with van der Waals surface area (Å²) >= 11 is 0. The van der Waals surface area contributed by atoms with Crippen LogP contribution in [-0.4, -0.2) is 31.2 Å². The Morgan fingerprint density at radius 1 is 1.00 bits per heavy atom. The van der Waals surface area contributed by atoms with Crippen molar-refractivity contribution in [2.24, 2.45) is 0 Å². The number of imidazole rings is 1. The number of alkyl carbamates (subject to hydrolysis) is 1. The van der Waals surface area contributed by atoms with Crippen molar-refractivity contribution in [1.29, 1.82) is 0 Å². The first kappa shape index (κ1) is 21.9. The molecule has 7 heteroatoms. The third-order valence-electron chi connectivity index (χ3n) is 6.19. The zero-order valence-corrected chi connectivity index (χ0v) is 19.6. The van der Waals surface area contributed by atoms with Crippen LogP contribution in [0, 0.1) is 0 Å². The van der Waals surface area contributed by atoms with Crippen molar-refractivity contribution in [3.8, 4) is 28.4 Å². The van der Waals surface area contributed by atoms with Gasteiger partial charge in [-0.05, 0) is 45.6 Å². The highest BCUT2D eigenvalue weighted by Crippen LogP contribution is 2.42. The lowest BCUT2D eigenvalue weighted by molar-refractivity contribution is 0.0377. The first-order chi connectivity index (χ1) is 16.2. The molecule has 2 aromatic carbocycles. The number of nitrogens with one attached hydrogen (secondary N) is 1. The van der Waals surface area contributed by atoms with Crippen molar-refractivity contribution in [1.82, 2.24) is 19.7 Å². The molecule has 7 nitrogen and oxygen atoms in total. The molecule has 0 unspecified atom stereocenters. The monoisotopic (exact) mass is 456 g/mol. The van der Waals surface area contributed by atoms with Gasteiger partial charge in [0.25, 0.3) is 0 Å². The Hall–Kier alpha value is -3.87. The molecule has 174 valence electrons. The predicted octanol–water partition coefficient (Wildman–Crippen LogP) is 5.67. The third kappa shape index (κ3) is 4.09. The number of aromatic hydroxyl groups is 1. The van der Waals surface area contributed by atoms with E-state index in [0.29, 0.717) is 5.78 Å². The first-order valence-corrected chi connectivity index (χ1v) is 11.5. The standard InChI is InChI=1S/C27H28N4O3/c1-26(2,3)34-25(33)30-27(15-7-16-27)20-12-10-18(11-13-20)22-23(19-8-5-4-6-9-19)31-17-14-21(32)28-24(31)29-22/h4-6,8-14,17H,7,15-16H2,1-3H3,(H,30,33)(H,28,29,32). The van der Waals surface area contributed by atoms with E-state index in [9.17, 15) is 9.90 Å². The van der Waals surface area contributed by atoms with Crippen LogP contribution < -0.4 is 5.32 Å². The van der Waals surface area contributed by atoms with E-state index >= 15 is 0 Å². The SMILES string of the molecule is CC(C)(C)OC(=O)NC1(c2ccc(-c3nc4nc(O)ccn4c3-c3ccccc3)cc2)CCC1. The van der Waals surface area contributed by atoms with Gasteiger partial charge in [0.1, 0.15) is 5.60 Å². The molecule has 4 aromatic rings. The minimum absolute atomic E-state index is 0.0702. The summed E-state index contributed by atoms with van der Waals surface area (Å²) in [5, 5.41) is 13.0. The second kappa shape index (κ2) is 8.17. The highest BCUT2D eigenvalue weighted by molar-refractivity contribution is 5.81. The zero-order chi connectivity index (χ0) is 23.9. The number of fused-ring (bicyclic) bond motifs is 1. The van der Waals surface area contributed by atoms with Gasteiger partial charge in [-0.1, -0.05) is 54.6 Å². The van der Waals surface area contributed by atoms with E-state index in [-0.39, 0.29) is 5.88 Å². The Bertz CT molecular complexity index is 1330. The summed E-state index contributed by atoms with van der Waals surface area (Å²) in [4.78, 5) is 21.4. The van der Waals surface area contributed by atoms with Gasteiger partial charge in [0.15, 0.2) is 0 Å².